The molecule has 144 valence electrons. The molecule has 0 aromatic heterocycles. The topological polar surface area (TPSA) is 76.4 Å². The molecule has 1 N–H and O–H groups in total. The first-order valence-electron chi connectivity index (χ1n) is 9.36. The van der Waals surface area contributed by atoms with Crippen LogP contribution in [0.1, 0.15) is 27.0 Å². The van der Waals surface area contributed by atoms with Gasteiger partial charge >= 0.3 is 0 Å². The van der Waals surface area contributed by atoms with Crippen LogP contribution in [0.15, 0.2) is 42.5 Å². The van der Waals surface area contributed by atoms with Crippen LogP contribution >= 0.6 is 0 Å². The van der Waals surface area contributed by atoms with Gasteiger partial charge in [0.05, 0.1) is 18.2 Å². The van der Waals surface area contributed by atoms with Crippen LogP contribution in [-0.2, 0) is 4.79 Å². The zero-order valence-electron chi connectivity index (χ0n) is 16.2. The average Bonchev–Trinajstić information content (AvgIpc) is 2.71. The van der Waals surface area contributed by atoms with E-state index in [4.69, 9.17) is 5.26 Å². The monoisotopic (exact) mass is 376 g/mol. The predicted molar refractivity (Wildman–Crippen MR) is 108 cm³/mol. The van der Waals surface area contributed by atoms with Crippen molar-refractivity contribution >= 4 is 17.5 Å². The minimum atomic E-state index is -0.0726. The fraction of sp³-hybridized carbons (Fsp3) is 0.318. The van der Waals surface area contributed by atoms with Gasteiger partial charge in [-0.3, -0.25) is 14.5 Å². The van der Waals surface area contributed by atoms with Gasteiger partial charge in [-0.2, -0.15) is 5.26 Å². The maximum atomic E-state index is 12.6. The highest BCUT2D eigenvalue weighted by atomic mass is 16.2. The standard InChI is InChI=1S/C22H24N4O2/c1-16-5-3-8-20(17(16)2)24-21(27)15-25-9-11-26(12-10-25)22(28)19-7-4-6-18(13-19)14-23/h3-8,13H,9-12,15H2,1-2H3,(H,24,27). The number of nitriles is 1. The minimum absolute atomic E-state index is 0.0461. The average molecular weight is 376 g/mol. The van der Waals surface area contributed by atoms with Gasteiger partial charge in [-0.25, -0.2) is 0 Å². The number of amides is 2. The molecule has 0 aliphatic carbocycles. The van der Waals surface area contributed by atoms with E-state index >= 15 is 0 Å². The summed E-state index contributed by atoms with van der Waals surface area (Å²) in [4.78, 5) is 28.8. The van der Waals surface area contributed by atoms with E-state index < -0.39 is 0 Å². The van der Waals surface area contributed by atoms with Gasteiger partial charge in [-0.1, -0.05) is 18.2 Å². The minimum Gasteiger partial charge on any atom is -0.336 e. The van der Waals surface area contributed by atoms with Gasteiger partial charge in [0.2, 0.25) is 5.91 Å². The van der Waals surface area contributed by atoms with Gasteiger partial charge in [-0.05, 0) is 49.2 Å². The third kappa shape index (κ3) is 4.56. The third-order valence-electron chi connectivity index (χ3n) is 5.14. The Bertz CT molecular complexity index is 924. The molecule has 3 rings (SSSR count). The van der Waals surface area contributed by atoms with Crippen molar-refractivity contribution in [2.45, 2.75) is 13.8 Å². The van der Waals surface area contributed by atoms with E-state index in [1.165, 1.54) is 0 Å². The Morgan fingerprint density at radius 3 is 2.50 bits per heavy atom. The van der Waals surface area contributed by atoms with Gasteiger partial charge in [0, 0.05) is 37.4 Å². The van der Waals surface area contributed by atoms with E-state index in [0.717, 1.165) is 16.8 Å². The maximum Gasteiger partial charge on any atom is 0.253 e. The van der Waals surface area contributed by atoms with Crippen molar-refractivity contribution in [3.05, 3.63) is 64.7 Å². The van der Waals surface area contributed by atoms with Gasteiger partial charge < -0.3 is 10.2 Å². The van der Waals surface area contributed by atoms with Gasteiger partial charge in [-0.15, -0.1) is 0 Å². The summed E-state index contributed by atoms with van der Waals surface area (Å²) in [6.45, 7) is 6.73. The number of nitrogens with zero attached hydrogens (tertiary/aromatic N) is 3. The normalized spacial score (nSPS) is 14.4. The Balaban J connectivity index is 1.52. The summed E-state index contributed by atoms with van der Waals surface area (Å²) in [6.07, 6.45) is 0. The fourth-order valence-electron chi connectivity index (χ4n) is 3.29. The second-order valence-electron chi connectivity index (χ2n) is 7.06. The lowest BCUT2D eigenvalue weighted by atomic mass is 10.1. The quantitative estimate of drug-likeness (QED) is 0.890. The molecule has 1 aliphatic heterocycles. The molecule has 1 saturated heterocycles. The van der Waals surface area contributed by atoms with Crippen molar-refractivity contribution in [3.63, 3.8) is 0 Å². The zero-order valence-corrected chi connectivity index (χ0v) is 16.2. The summed E-state index contributed by atoms with van der Waals surface area (Å²) in [5, 5.41) is 12.0. The number of piperazine rings is 1. The molecule has 6 heteroatoms. The van der Waals surface area contributed by atoms with Crippen molar-refractivity contribution in [1.29, 1.82) is 5.26 Å². The summed E-state index contributed by atoms with van der Waals surface area (Å²) in [7, 11) is 0. The molecule has 1 fully saturated rings. The molecule has 6 nitrogen and oxygen atoms in total. The van der Waals surface area contributed by atoms with E-state index in [1.807, 2.05) is 32.0 Å². The molecule has 0 atom stereocenters. The molecule has 0 bridgehead atoms. The number of carbonyl (C=O) groups is 2. The number of anilines is 1. The van der Waals surface area contributed by atoms with Crippen LogP contribution in [0.4, 0.5) is 5.69 Å². The molecule has 0 saturated carbocycles. The van der Waals surface area contributed by atoms with Crippen molar-refractivity contribution in [2.75, 3.05) is 38.0 Å². The van der Waals surface area contributed by atoms with Crippen LogP contribution in [0, 0.1) is 25.2 Å². The number of benzene rings is 2. The lowest BCUT2D eigenvalue weighted by Gasteiger charge is -2.34. The van der Waals surface area contributed by atoms with Crippen molar-refractivity contribution in [2.24, 2.45) is 0 Å². The second kappa shape index (κ2) is 8.68. The summed E-state index contributed by atoms with van der Waals surface area (Å²) in [6, 6.07) is 14.7. The molecule has 2 amide bonds. The number of nitrogens with one attached hydrogen (secondary N) is 1. The van der Waals surface area contributed by atoms with Gasteiger partial charge in [0.1, 0.15) is 0 Å². The molecule has 1 aliphatic rings. The van der Waals surface area contributed by atoms with E-state index in [1.54, 1.807) is 29.2 Å². The van der Waals surface area contributed by atoms with Crippen LogP contribution in [-0.4, -0.2) is 54.3 Å². The summed E-state index contributed by atoms with van der Waals surface area (Å²) < 4.78 is 0. The van der Waals surface area contributed by atoms with Crippen LogP contribution in [0.3, 0.4) is 0 Å². The van der Waals surface area contributed by atoms with Crippen LogP contribution in [0.5, 0.6) is 0 Å². The van der Waals surface area contributed by atoms with Gasteiger partial charge in [0.15, 0.2) is 0 Å². The first kappa shape index (κ1) is 19.6. The second-order valence-corrected chi connectivity index (χ2v) is 7.06. The SMILES string of the molecule is Cc1cccc(NC(=O)CN2CCN(C(=O)c3cccc(C#N)c3)CC2)c1C. The molecule has 0 unspecified atom stereocenters. The Morgan fingerprint density at radius 2 is 1.79 bits per heavy atom. The van der Waals surface area contributed by atoms with E-state index in [9.17, 15) is 9.59 Å². The van der Waals surface area contributed by atoms with E-state index in [2.05, 4.69) is 16.3 Å². The largest absolute Gasteiger partial charge is 0.336 e. The summed E-state index contributed by atoms with van der Waals surface area (Å²) >= 11 is 0. The Labute approximate surface area is 165 Å². The first-order valence-corrected chi connectivity index (χ1v) is 9.36. The van der Waals surface area contributed by atoms with Crippen molar-refractivity contribution in [1.82, 2.24) is 9.80 Å². The lowest BCUT2D eigenvalue weighted by molar-refractivity contribution is -0.117. The molecule has 2 aromatic carbocycles. The Kier molecular flexibility index (Phi) is 6.07. The predicted octanol–water partition coefficient (Wildman–Crippen LogP) is 2.57. The molecule has 0 spiro atoms. The number of hydrogen-bond acceptors (Lipinski definition) is 4. The van der Waals surface area contributed by atoms with Crippen molar-refractivity contribution in [3.8, 4) is 6.07 Å². The summed E-state index contributed by atoms with van der Waals surface area (Å²) in [5.74, 6) is -0.119. The van der Waals surface area contributed by atoms with E-state index in [-0.39, 0.29) is 11.8 Å². The lowest BCUT2D eigenvalue weighted by Crippen LogP contribution is -2.50. The molecule has 0 radical (unpaired) electrons. The number of aryl methyl sites for hydroxylation is 1. The number of carbonyl (C=O) groups excluding carboxylic acids is 2. The molecular weight excluding hydrogens is 352 g/mol. The maximum absolute atomic E-state index is 12.6. The Hall–Kier alpha value is -3.17. The number of hydrogen-bond donors (Lipinski definition) is 1. The highest BCUT2D eigenvalue weighted by molar-refractivity contribution is 5.95. The first-order chi connectivity index (χ1) is 13.5. The van der Waals surface area contributed by atoms with Crippen LogP contribution in [0.25, 0.3) is 0 Å². The fourth-order valence-corrected chi connectivity index (χ4v) is 3.29. The third-order valence-corrected chi connectivity index (χ3v) is 5.14. The highest BCUT2D eigenvalue weighted by Crippen LogP contribution is 2.18. The van der Waals surface area contributed by atoms with Gasteiger partial charge in [0.25, 0.3) is 5.91 Å². The van der Waals surface area contributed by atoms with E-state index in [0.29, 0.717) is 43.9 Å². The molecule has 1 heterocycles. The zero-order chi connectivity index (χ0) is 20.1. The molecule has 28 heavy (non-hydrogen) atoms. The number of rotatable bonds is 4. The van der Waals surface area contributed by atoms with Crippen LogP contribution < -0.4 is 5.32 Å². The summed E-state index contributed by atoms with van der Waals surface area (Å²) in [5.41, 5.74) is 4.07. The van der Waals surface area contributed by atoms with Crippen LogP contribution in [0.2, 0.25) is 0 Å². The Morgan fingerprint density at radius 1 is 1.07 bits per heavy atom. The molecular formula is C22H24N4O2. The van der Waals surface area contributed by atoms with Crippen molar-refractivity contribution < 1.29 is 9.59 Å². The highest BCUT2D eigenvalue weighted by Gasteiger charge is 2.23. The smallest absolute Gasteiger partial charge is 0.253 e. The molecule has 2 aromatic rings.